The van der Waals surface area contributed by atoms with Crippen molar-refractivity contribution in [2.75, 3.05) is 11.5 Å². The summed E-state index contributed by atoms with van der Waals surface area (Å²) < 4.78 is 80.8. The summed E-state index contributed by atoms with van der Waals surface area (Å²) in [6.07, 6.45) is 0.142. The van der Waals surface area contributed by atoms with Crippen molar-refractivity contribution in [2.24, 2.45) is 5.73 Å². The third kappa shape index (κ3) is 7.38. The number of nitriles is 1. The zero-order chi connectivity index (χ0) is 39.8. The molecule has 280 valence electrons. The van der Waals surface area contributed by atoms with Gasteiger partial charge in [0.15, 0.2) is 11.6 Å². The van der Waals surface area contributed by atoms with Crippen LogP contribution in [-0.4, -0.2) is 39.5 Å². The van der Waals surface area contributed by atoms with E-state index in [1.807, 2.05) is 6.07 Å². The van der Waals surface area contributed by atoms with Crippen molar-refractivity contribution in [1.82, 2.24) is 39.5 Å². The molecule has 8 aromatic rings. The fourth-order valence-corrected chi connectivity index (χ4v) is 5.91. The molecule has 2 aromatic carbocycles. The highest BCUT2D eigenvalue weighted by Gasteiger charge is 2.33. The van der Waals surface area contributed by atoms with E-state index in [1.165, 1.54) is 52.2 Å². The van der Waals surface area contributed by atoms with Gasteiger partial charge in [0.05, 0.1) is 46.4 Å². The topological polar surface area (TPSA) is 189 Å². The molecule has 6 heterocycles. The molecule has 56 heavy (non-hydrogen) atoms. The lowest BCUT2D eigenvalue weighted by atomic mass is 10.0. The highest BCUT2D eigenvalue weighted by atomic mass is 19.4. The first-order chi connectivity index (χ1) is 26.7. The molecule has 6 N–H and O–H groups in total. The van der Waals surface area contributed by atoms with Gasteiger partial charge in [0.2, 0.25) is 0 Å². The first-order valence-electron chi connectivity index (χ1n) is 16.4. The Morgan fingerprint density at radius 1 is 0.589 bits per heavy atom. The smallest absolute Gasteiger partial charge is 0.397 e. The van der Waals surface area contributed by atoms with Crippen LogP contribution in [0.15, 0.2) is 110 Å². The van der Waals surface area contributed by atoms with Crippen LogP contribution in [0.5, 0.6) is 0 Å². The van der Waals surface area contributed by atoms with Crippen LogP contribution in [0.4, 0.5) is 37.7 Å². The summed E-state index contributed by atoms with van der Waals surface area (Å²) in [5, 5.41) is 19.1. The molecule has 0 unspecified atom stereocenters. The predicted molar refractivity (Wildman–Crippen MR) is 196 cm³/mol. The Labute approximate surface area is 312 Å². The SMILES string of the molecule is N#Cc1cc(-c2cncc(N)c2)cc2c1cnn2-c1cccc(C(F)(F)F)n1.NCc1cc(-c2cncc(N)c2)cc2c1cnn2-c1cccc(C(F)(F)F)n1. The number of benzene rings is 2. The maximum absolute atomic E-state index is 13.0. The molecule has 0 saturated heterocycles. The van der Waals surface area contributed by atoms with Gasteiger partial charge >= 0.3 is 12.4 Å². The molecule has 0 amide bonds. The number of halogens is 6. The maximum atomic E-state index is 13.0. The molecule has 0 spiro atoms. The van der Waals surface area contributed by atoms with E-state index in [0.717, 1.165) is 34.2 Å². The summed E-state index contributed by atoms with van der Waals surface area (Å²) >= 11 is 0. The number of rotatable bonds is 5. The summed E-state index contributed by atoms with van der Waals surface area (Å²) in [6.45, 7) is 0.238. The van der Waals surface area contributed by atoms with Crippen molar-refractivity contribution >= 4 is 33.2 Å². The Kier molecular flexibility index (Phi) is 9.53. The Hall–Kier alpha value is -7.39. The summed E-state index contributed by atoms with van der Waals surface area (Å²) in [5.41, 5.74) is 21.4. The fraction of sp³-hybridized carbons (Fsp3) is 0.0789. The lowest BCUT2D eigenvalue weighted by Crippen LogP contribution is -2.10. The van der Waals surface area contributed by atoms with Crippen LogP contribution in [0.2, 0.25) is 0 Å². The molecular weight excluding hydrogens is 738 g/mol. The molecule has 0 aliphatic heterocycles. The maximum Gasteiger partial charge on any atom is 0.433 e. The highest BCUT2D eigenvalue weighted by Crippen LogP contribution is 2.33. The molecule has 18 heteroatoms. The van der Waals surface area contributed by atoms with Gasteiger partial charge in [0.1, 0.15) is 11.4 Å². The number of nitrogens with two attached hydrogens (primary N) is 3. The fourth-order valence-electron chi connectivity index (χ4n) is 5.91. The van der Waals surface area contributed by atoms with Crippen molar-refractivity contribution in [2.45, 2.75) is 18.9 Å². The number of fused-ring (bicyclic) bond motifs is 2. The van der Waals surface area contributed by atoms with E-state index < -0.39 is 23.7 Å². The Morgan fingerprint density at radius 2 is 1.07 bits per heavy atom. The minimum atomic E-state index is -4.57. The average molecular weight is 765 g/mol. The lowest BCUT2D eigenvalue weighted by molar-refractivity contribution is -0.141. The van der Waals surface area contributed by atoms with Crippen LogP contribution in [0.3, 0.4) is 0 Å². The number of alkyl halides is 6. The molecule has 8 rings (SSSR count). The second-order valence-electron chi connectivity index (χ2n) is 12.2. The van der Waals surface area contributed by atoms with Crippen molar-refractivity contribution in [3.63, 3.8) is 0 Å². The Bertz CT molecular complexity index is 2780. The summed E-state index contributed by atoms with van der Waals surface area (Å²) in [4.78, 5) is 15.5. The third-order valence-corrected chi connectivity index (χ3v) is 8.47. The van der Waals surface area contributed by atoms with Gasteiger partial charge in [-0.25, -0.2) is 19.3 Å². The van der Waals surface area contributed by atoms with Crippen molar-refractivity contribution in [3.05, 3.63) is 132 Å². The van der Waals surface area contributed by atoms with Gasteiger partial charge in [-0.15, -0.1) is 0 Å². The van der Waals surface area contributed by atoms with Gasteiger partial charge in [-0.2, -0.15) is 41.8 Å². The van der Waals surface area contributed by atoms with Gasteiger partial charge in [-0.1, -0.05) is 12.1 Å². The van der Waals surface area contributed by atoms with E-state index in [-0.39, 0.29) is 18.2 Å². The molecule has 0 aliphatic carbocycles. The van der Waals surface area contributed by atoms with Crippen LogP contribution in [-0.2, 0) is 18.9 Å². The third-order valence-electron chi connectivity index (χ3n) is 8.47. The van der Waals surface area contributed by atoms with E-state index in [1.54, 1.807) is 48.9 Å². The van der Waals surface area contributed by atoms with Crippen LogP contribution in [0.25, 0.3) is 55.7 Å². The van der Waals surface area contributed by atoms with E-state index >= 15 is 0 Å². The molecule has 0 fully saturated rings. The van der Waals surface area contributed by atoms with E-state index in [2.05, 4.69) is 36.2 Å². The minimum Gasteiger partial charge on any atom is -0.397 e. The van der Waals surface area contributed by atoms with Gasteiger partial charge in [-0.05, 0) is 77.4 Å². The van der Waals surface area contributed by atoms with Crippen LogP contribution >= 0.6 is 0 Å². The van der Waals surface area contributed by atoms with Gasteiger partial charge in [0.25, 0.3) is 0 Å². The van der Waals surface area contributed by atoms with Crippen LogP contribution < -0.4 is 17.2 Å². The van der Waals surface area contributed by atoms with Crippen LogP contribution in [0, 0.1) is 11.3 Å². The van der Waals surface area contributed by atoms with E-state index in [4.69, 9.17) is 17.2 Å². The second kappa shape index (κ2) is 14.4. The molecular formula is C38H26F6N12. The number of aromatic nitrogens is 8. The van der Waals surface area contributed by atoms with E-state index in [9.17, 15) is 31.6 Å². The Balaban J connectivity index is 0.000000172. The van der Waals surface area contributed by atoms with Crippen LogP contribution in [0.1, 0.15) is 22.5 Å². The molecule has 6 aromatic heterocycles. The minimum absolute atomic E-state index is 0.00318. The standard InChI is InChI=1S/C19H15F3N6.C19H11F3N6/c2*20-19(21,22)17-2-1-3-18(27-17)28-16-6-11(13-5-14(24)9-25-8-13)4-12(7-23)15(16)10-26-28/h1-6,8-10H,7,23-24H2;1-6,8-10H,24H2. The van der Waals surface area contributed by atoms with E-state index in [0.29, 0.717) is 44.5 Å². The number of nitrogens with zero attached hydrogens (tertiary/aromatic N) is 9. The molecule has 0 bridgehead atoms. The first-order valence-corrected chi connectivity index (χ1v) is 16.4. The predicted octanol–water partition coefficient (Wildman–Crippen LogP) is 7.50. The number of pyridine rings is 4. The quantitative estimate of drug-likeness (QED) is 0.148. The molecule has 0 atom stereocenters. The highest BCUT2D eigenvalue weighted by molar-refractivity contribution is 5.91. The summed E-state index contributed by atoms with van der Waals surface area (Å²) in [7, 11) is 0. The first kappa shape index (κ1) is 36.9. The Morgan fingerprint density at radius 3 is 1.54 bits per heavy atom. The normalized spacial score (nSPS) is 11.7. The van der Waals surface area contributed by atoms with Gasteiger partial charge in [0, 0.05) is 53.2 Å². The van der Waals surface area contributed by atoms with Gasteiger partial charge < -0.3 is 17.2 Å². The van der Waals surface area contributed by atoms with Gasteiger partial charge in [-0.3, -0.25) is 9.97 Å². The summed E-state index contributed by atoms with van der Waals surface area (Å²) in [6, 6.07) is 19.9. The zero-order valence-corrected chi connectivity index (χ0v) is 28.6. The number of nitrogen functional groups attached to an aromatic ring is 2. The number of anilines is 2. The molecule has 0 radical (unpaired) electrons. The zero-order valence-electron chi connectivity index (χ0n) is 28.6. The van der Waals surface area contributed by atoms with Crippen molar-refractivity contribution < 1.29 is 26.3 Å². The monoisotopic (exact) mass is 764 g/mol. The second-order valence-corrected chi connectivity index (χ2v) is 12.2. The number of hydrogen-bond donors (Lipinski definition) is 3. The molecule has 0 saturated carbocycles. The average Bonchev–Trinajstić information content (AvgIpc) is 3.82. The summed E-state index contributed by atoms with van der Waals surface area (Å²) in [5.74, 6) is 0.0622. The van der Waals surface area contributed by atoms with Crippen molar-refractivity contribution in [1.29, 1.82) is 5.26 Å². The number of hydrogen-bond acceptors (Lipinski definition) is 10. The van der Waals surface area contributed by atoms with Crippen molar-refractivity contribution in [3.8, 4) is 40.0 Å². The largest absolute Gasteiger partial charge is 0.433 e. The molecule has 0 aliphatic rings. The molecule has 12 nitrogen and oxygen atoms in total. The lowest BCUT2D eigenvalue weighted by Gasteiger charge is -2.10.